The van der Waals surface area contributed by atoms with Crippen LogP contribution in [0.2, 0.25) is 0 Å². The van der Waals surface area contributed by atoms with E-state index >= 15 is 0 Å². The smallest absolute Gasteiger partial charge is 0.390 e. The third-order valence-electron chi connectivity index (χ3n) is 3.65. The number of benzene rings is 1. The van der Waals surface area contributed by atoms with Crippen LogP contribution >= 0.6 is 24.8 Å². The average molecular weight is 361 g/mol. The molecule has 1 fully saturated rings. The lowest BCUT2D eigenvalue weighted by molar-refractivity contribution is -0.148. The van der Waals surface area contributed by atoms with Gasteiger partial charge in [-0.3, -0.25) is 4.90 Å². The highest BCUT2D eigenvalue weighted by Crippen LogP contribution is 2.38. The number of nitrogens with one attached hydrogen (secondary N) is 1. The molecule has 0 bridgehead atoms. The SMILES string of the molecule is Cc1cccc([C@@H](CC(F)(F)F)N2CCNCC2)c1O.Cl.Cl. The first-order valence-electron chi connectivity index (χ1n) is 6.68. The van der Waals surface area contributed by atoms with E-state index in [0.717, 1.165) is 0 Å². The van der Waals surface area contributed by atoms with Gasteiger partial charge in [0.05, 0.1) is 6.42 Å². The number of alkyl halides is 3. The minimum Gasteiger partial charge on any atom is -0.507 e. The summed E-state index contributed by atoms with van der Waals surface area (Å²) in [5.41, 5.74) is 0.967. The monoisotopic (exact) mass is 360 g/mol. The van der Waals surface area contributed by atoms with Gasteiger partial charge in [-0.05, 0) is 12.5 Å². The fraction of sp³-hybridized carbons (Fsp3) is 0.571. The van der Waals surface area contributed by atoms with Crippen molar-refractivity contribution in [3.63, 3.8) is 0 Å². The molecule has 0 unspecified atom stereocenters. The molecular formula is C14H21Cl2F3N2O. The summed E-state index contributed by atoms with van der Waals surface area (Å²) >= 11 is 0. The molecule has 0 amide bonds. The van der Waals surface area contributed by atoms with E-state index in [1.54, 1.807) is 30.0 Å². The highest BCUT2D eigenvalue weighted by atomic mass is 35.5. The highest BCUT2D eigenvalue weighted by molar-refractivity contribution is 5.85. The molecule has 2 N–H and O–H groups in total. The molecule has 8 heteroatoms. The van der Waals surface area contributed by atoms with E-state index in [0.29, 0.717) is 37.3 Å². The molecule has 1 atom stereocenters. The number of phenols is 1. The third kappa shape index (κ3) is 5.50. The predicted octanol–water partition coefficient (Wildman–Crippen LogP) is 3.44. The number of phenolic OH excluding ortho intramolecular Hbond substituents is 1. The van der Waals surface area contributed by atoms with Gasteiger partial charge < -0.3 is 10.4 Å². The van der Waals surface area contributed by atoms with Gasteiger partial charge in [-0.2, -0.15) is 13.2 Å². The maximum atomic E-state index is 12.9. The van der Waals surface area contributed by atoms with E-state index in [4.69, 9.17) is 0 Å². The Morgan fingerprint density at radius 1 is 1.23 bits per heavy atom. The largest absolute Gasteiger partial charge is 0.507 e. The van der Waals surface area contributed by atoms with Crippen molar-refractivity contribution in [2.24, 2.45) is 0 Å². The van der Waals surface area contributed by atoms with Gasteiger partial charge in [0, 0.05) is 37.8 Å². The van der Waals surface area contributed by atoms with Crippen molar-refractivity contribution in [1.29, 1.82) is 0 Å². The standard InChI is InChI=1S/C14H19F3N2O.2ClH/c1-10-3-2-4-11(13(10)20)12(9-14(15,16)17)19-7-5-18-6-8-19;;/h2-4,12,18,20H,5-9H2,1H3;2*1H/t12-;;/m1../s1. The lowest BCUT2D eigenvalue weighted by atomic mass is 9.97. The Morgan fingerprint density at radius 2 is 1.82 bits per heavy atom. The van der Waals surface area contributed by atoms with Crippen molar-refractivity contribution in [2.75, 3.05) is 26.2 Å². The summed E-state index contributed by atoms with van der Waals surface area (Å²) in [7, 11) is 0. The molecule has 1 heterocycles. The van der Waals surface area contributed by atoms with Crippen LogP contribution in [-0.4, -0.2) is 42.4 Å². The molecule has 1 aromatic rings. The molecule has 1 saturated heterocycles. The van der Waals surface area contributed by atoms with Crippen LogP contribution in [0.1, 0.15) is 23.6 Å². The van der Waals surface area contributed by atoms with E-state index in [9.17, 15) is 18.3 Å². The number of nitrogens with zero attached hydrogens (tertiary/aromatic N) is 1. The van der Waals surface area contributed by atoms with Crippen LogP contribution in [0, 0.1) is 6.92 Å². The van der Waals surface area contributed by atoms with Gasteiger partial charge >= 0.3 is 6.18 Å². The van der Waals surface area contributed by atoms with Crippen LogP contribution in [0.15, 0.2) is 18.2 Å². The van der Waals surface area contributed by atoms with E-state index in [1.807, 2.05) is 0 Å². The summed E-state index contributed by atoms with van der Waals surface area (Å²) in [5.74, 6) is -0.0275. The fourth-order valence-electron chi connectivity index (χ4n) is 2.60. The van der Waals surface area contributed by atoms with Gasteiger partial charge in [-0.25, -0.2) is 0 Å². The molecule has 2 rings (SSSR count). The van der Waals surface area contributed by atoms with Crippen LogP contribution in [-0.2, 0) is 0 Å². The number of rotatable bonds is 3. The fourth-order valence-corrected chi connectivity index (χ4v) is 2.60. The second-order valence-electron chi connectivity index (χ2n) is 5.13. The number of aromatic hydroxyl groups is 1. The normalized spacial score (nSPS) is 17.3. The van der Waals surface area contributed by atoms with Gasteiger partial charge in [0.25, 0.3) is 0 Å². The Morgan fingerprint density at radius 3 is 2.36 bits per heavy atom. The number of hydrogen-bond acceptors (Lipinski definition) is 3. The second kappa shape index (κ2) is 8.82. The van der Waals surface area contributed by atoms with Gasteiger partial charge in [-0.1, -0.05) is 18.2 Å². The zero-order valence-corrected chi connectivity index (χ0v) is 13.8. The van der Waals surface area contributed by atoms with Crippen molar-refractivity contribution in [3.8, 4) is 5.75 Å². The zero-order valence-electron chi connectivity index (χ0n) is 12.2. The molecule has 0 saturated carbocycles. The van der Waals surface area contributed by atoms with E-state index in [2.05, 4.69) is 5.32 Å². The maximum Gasteiger partial charge on any atom is 0.390 e. The summed E-state index contributed by atoms with van der Waals surface area (Å²) in [5, 5.41) is 13.2. The molecular weight excluding hydrogens is 340 g/mol. The zero-order chi connectivity index (χ0) is 14.8. The first-order valence-corrected chi connectivity index (χ1v) is 6.68. The Hall–Kier alpha value is -0.690. The molecule has 0 aromatic heterocycles. The first-order chi connectivity index (χ1) is 9.38. The Balaban J connectivity index is 0.00000220. The third-order valence-corrected chi connectivity index (χ3v) is 3.65. The number of halogens is 5. The minimum absolute atomic E-state index is 0. The maximum absolute atomic E-state index is 12.9. The summed E-state index contributed by atoms with van der Waals surface area (Å²) in [6.07, 6.45) is -5.20. The van der Waals surface area contributed by atoms with Crippen molar-refractivity contribution in [3.05, 3.63) is 29.3 Å². The van der Waals surface area contributed by atoms with Crippen molar-refractivity contribution < 1.29 is 18.3 Å². The Kier molecular flexibility index (Phi) is 8.54. The molecule has 1 aromatic carbocycles. The van der Waals surface area contributed by atoms with E-state index in [1.165, 1.54) is 0 Å². The lowest BCUT2D eigenvalue weighted by Crippen LogP contribution is -2.46. The van der Waals surface area contributed by atoms with Gasteiger partial charge in [0.1, 0.15) is 5.75 Å². The number of aryl methyl sites for hydroxylation is 1. The number of para-hydroxylation sites is 1. The van der Waals surface area contributed by atoms with Crippen LogP contribution in [0.25, 0.3) is 0 Å². The highest BCUT2D eigenvalue weighted by Gasteiger charge is 2.37. The number of piperazine rings is 1. The Bertz CT molecular complexity index is 466. The van der Waals surface area contributed by atoms with Crippen LogP contribution < -0.4 is 5.32 Å². The van der Waals surface area contributed by atoms with Gasteiger partial charge in [-0.15, -0.1) is 24.8 Å². The summed E-state index contributed by atoms with van der Waals surface area (Å²) in [6, 6.07) is 4.15. The van der Waals surface area contributed by atoms with Crippen LogP contribution in [0.4, 0.5) is 13.2 Å². The molecule has 3 nitrogen and oxygen atoms in total. The first kappa shape index (κ1) is 21.3. The number of hydrogen-bond donors (Lipinski definition) is 2. The predicted molar refractivity (Wildman–Crippen MR) is 85.2 cm³/mol. The van der Waals surface area contributed by atoms with Crippen molar-refractivity contribution in [1.82, 2.24) is 10.2 Å². The van der Waals surface area contributed by atoms with Crippen LogP contribution in [0.3, 0.4) is 0 Å². The molecule has 0 aliphatic carbocycles. The summed E-state index contributed by atoms with van der Waals surface area (Å²) in [6.45, 7) is 4.13. The molecule has 22 heavy (non-hydrogen) atoms. The Labute approximate surface area is 140 Å². The van der Waals surface area contributed by atoms with E-state index in [-0.39, 0.29) is 30.6 Å². The molecule has 0 radical (unpaired) electrons. The molecule has 1 aliphatic heterocycles. The molecule has 0 spiro atoms. The average Bonchev–Trinajstić information content (AvgIpc) is 2.40. The van der Waals surface area contributed by atoms with Gasteiger partial charge in [0.15, 0.2) is 0 Å². The van der Waals surface area contributed by atoms with Crippen molar-refractivity contribution >= 4 is 24.8 Å². The van der Waals surface area contributed by atoms with E-state index < -0.39 is 18.6 Å². The molecule has 1 aliphatic rings. The quantitative estimate of drug-likeness (QED) is 0.866. The lowest BCUT2D eigenvalue weighted by Gasteiger charge is -2.36. The minimum atomic E-state index is -4.26. The summed E-state index contributed by atoms with van der Waals surface area (Å²) < 4.78 is 38.6. The second-order valence-corrected chi connectivity index (χ2v) is 5.13. The van der Waals surface area contributed by atoms with Gasteiger partial charge in [0.2, 0.25) is 0 Å². The van der Waals surface area contributed by atoms with Crippen LogP contribution in [0.5, 0.6) is 5.75 Å². The topological polar surface area (TPSA) is 35.5 Å². The molecule has 128 valence electrons. The van der Waals surface area contributed by atoms with Crippen molar-refractivity contribution in [2.45, 2.75) is 25.6 Å². The summed E-state index contributed by atoms with van der Waals surface area (Å²) in [4.78, 5) is 1.79.